The van der Waals surface area contributed by atoms with E-state index in [1.54, 1.807) is 12.3 Å². The van der Waals surface area contributed by atoms with Gasteiger partial charge in [-0.2, -0.15) is 5.26 Å². The van der Waals surface area contributed by atoms with Crippen LogP contribution in [-0.2, 0) is 13.2 Å². The first kappa shape index (κ1) is 18.6. The standard InChI is InChI=1S/C20H24N4O/c1-5-19(14(2)3)23-12-18-7-6-15(4)24-20(18)25-13-17-8-16(9-21)10-22-11-17/h6-8,10-11,19,23H,2,5,12-13H2,1,3-4H3. The van der Waals surface area contributed by atoms with Crippen LogP contribution in [0, 0.1) is 18.3 Å². The van der Waals surface area contributed by atoms with Crippen LogP contribution in [0.15, 0.2) is 42.7 Å². The van der Waals surface area contributed by atoms with Gasteiger partial charge in [0.2, 0.25) is 5.88 Å². The summed E-state index contributed by atoms with van der Waals surface area (Å²) in [4.78, 5) is 8.56. The van der Waals surface area contributed by atoms with Crippen LogP contribution in [0.2, 0.25) is 0 Å². The van der Waals surface area contributed by atoms with Gasteiger partial charge in [-0.3, -0.25) is 4.98 Å². The summed E-state index contributed by atoms with van der Waals surface area (Å²) in [5.74, 6) is 0.603. The number of nitrogens with zero attached hydrogens (tertiary/aromatic N) is 3. The van der Waals surface area contributed by atoms with Crippen molar-refractivity contribution in [1.82, 2.24) is 15.3 Å². The minimum absolute atomic E-state index is 0.269. The quantitative estimate of drug-likeness (QED) is 0.745. The molecule has 0 saturated heterocycles. The van der Waals surface area contributed by atoms with Crippen molar-refractivity contribution in [3.8, 4) is 11.9 Å². The summed E-state index contributed by atoms with van der Waals surface area (Å²) in [5.41, 5.74) is 4.37. The summed E-state index contributed by atoms with van der Waals surface area (Å²) in [6.45, 7) is 11.1. The van der Waals surface area contributed by atoms with E-state index in [2.05, 4.69) is 34.9 Å². The first-order valence-corrected chi connectivity index (χ1v) is 8.35. The highest BCUT2D eigenvalue weighted by Gasteiger charge is 2.11. The number of aromatic nitrogens is 2. The number of ether oxygens (including phenoxy) is 1. The van der Waals surface area contributed by atoms with Crippen molar-refractivity contribution in [2.45, 2.75) is 46.4 Å². The lowest BCUT2D eigenvalue weighted by molar-refractivity contribution is 0.288. The Hall–Kier alpha value is -2.71. The molecule has 2 heterocycles. The molecule has 25 heavy (non-hydrogen) atoms. The fraction of sp³-hybridized carbons (Fsp3) is 0.350. The van der Waals surface area contributed by atoms with E-state index >= 15 is 0 Å². The normalized spacial score (nSPS) is 11.6. The van der Waals surface area contributed by atoms with Crippen LogP contribution in [0.4, 0.5) is 0 Å². The maximum Gasteiger partial charge on any atom is 0.218 e. The zero-order valence-corrected chi connectivity index (χ0v) is 15.0. The summed E-state index contributed by atoms with van der Waals surface area (Å²) in [6, 6.07) is 8.13. The molecule has 0 spiro atoms. The Labute approximate surface area is 149 Å². The maximum absolute atomic E-state index is 8.96. The van der Waals surface area contributed by atoms with Gasteiger partial charge in [-0.15, -0.1) is 0 Å². The van der Waals surface area contributed by atoms with E-state index in [-0.39, 0.29) is 6.04 Å². The van der Waals surface area contributed by atoms with Crippen LogP contribution in [-0.4, -0.2) is 16.0 Å². The highest BCUT2D eigenvalue weighted by molar-refractivity contribution is 5.31. The van der Waals surface area contributed by atoms with Crippen molar-refractivity contribution < 1.29 is 4.74 Å². The zero-order valence-electron chi connectivity index (χ0n) is 15.0. The van der Waals surface area contributed by atoms with Gasteiger partial charge in [0, 0.05) is 41.8 Å². The van der Waals surface area contributed by atoms with Crippen LogP contribution >= 0.6 is 0 Å². The van der Waals surface area contributed by atoms with E-state index in [0.29, 0.717) is 24.6 Å². The first-order chi connectivity index (χ1) is 12.0. The molecular weight excluding hydrogens is 312 g/mol. The smallest absolute Gasteiger partial charge is 0.218 e. The van der Waals surface area contributed by atoms with E-state index in [9.17, 15) is 0 Å². The molecule has 0 saturated carbocycles. The number of hydrogen-bond donors (Lipinski definition) is 1. The van der Waals surface area contributed by atoms with Crippen LogP contribution < -0.4 is 10.1 Å². The number of nitriles is 1. The molecule has 130 valence electrons. The molecule has 2 rings (SSSR count). The van der Waals surface area contributed by atoms with E-state index in [1.165, 1.54) is 6.20 Å². The number of hydrogen-bond acceptors (Lipinski definition) is 5. The van der Waals surface area contributed by atoms with Crippen molar-refractivity contribution in [2.75, 3.05) is 0 Å². The van der Waals surface area contributed by atoms with Gasteiger partial charge < -0.3 is 10.1 Å². The largest absolute Gasteiger partial charge is 0.472 e. The number of nitrogens with one attached hydrogen (secondary N) is 1. The molecule has 0 aromatic carbocycles. The second-order valence-electron chi connectivity index (χ2n) is 6.09. The Morgan fingerprint density at radius 1 is 1.40 bits per heavy atom. The van der Waals surface area contributed by atoms with Gasteiger partial charge in [-0.1, -0.05) is 25.1 Å². The summed E-state index contributed by atoms with van der Waals surface area (Å²) in [5, 5.41) is 12.4. The third-order valence-electron chi connectivity index (χ3n) is 3.92. The van der Waals surface area contributed by atoms with Gasteiger partial charge >= 0.3 is 0 Å². The van der Waals surface area contributed by atoms with Crippen LogP contribution in [0.5, 0.6) is 5.88 Å². The third kappa shape index (κ3) is 5.40. The van der Waals surface area contributed by atoms with E-state index in [1.807, 2.05) is 26.0 Å². The van der Waals surface area contributed by atoms with E-state index in [0.717, 1.165) is 28.8 Å². The van der Waals surface area contributed by atoms with Crippen molar-refractivity contribution >= 4 is 0 Å². The highest BCUT2D eigenvalue weighted by atomic mass is 16.5. The summed E-state index contributed by atoms with van der Waals surface area (Å²) in [7, 11) is 0. The maximum atomic E-state index is 8.96. The minimum atomic E-state index is 0.269. The van der Waals surface area contributed by atoms with E-state index < -0.39 is 0 Å². The first-order valence-electron chi connectivity index (χ1n) is 8.35. The van der Waals surface area contributed by atoms with Crippen LogP contribution in [0.3, 0.4) is 0 Å². The predicted octanol–water partition coefficient (Wildman–Crippen LogP) is 3.68. The average Bonchev–Trinajstić information content (AvgIpc) is 2.61. The molecule has 2 aromatic heterocycles. The molecule has 0 aliphatic heterocycles. The van der Waals surface area contributed by atoms with Crippen molar-refractivity contribution in [3.63, 3.8) is 0 Å². The third-order valence-corrected chi connectivity index (χ3v) is 3.92. The summed E-state index contributed by atoms with van der Waals surface area (Å²) >= 11 is 0. The van der Waals surface area contributed by atoms with E-state index in [4.69, 9.17) is 10.00 Å². The Bertz CT molecular complexity index is 780. The Morgan fingerprint density at radius 3 is 2.88 bits per heavy atom. The molecule has 0 aliphatic carbocycles. The Balaban J connectivity index is 2.10. The zero-order chi connectivity index (χ0) is 18.2. The lowest BCUT2D eigenvalue weighted by Crippen LogP contribution is -2.28. The molecule has 5 heteroatoms. The summed E-state index contributed by atoms with van der Waals surface area (Å²) in [6.07, 6.45) is 4.21. The van der Waals surface area contributed by atoms with Gasteiger partial charge in [-0.05, 0) is 32.4 Å². The van der Waals surface area contributed by atoms with Gasteiger partial charge in [0.25, 0.3) is 0 Å². The minimum Gasteiger partial charge on any atom is -0.472 e. The molecule has 0 amide bonds. The monoisotopic (exact) mass is 336 g/mol. The Kier molecular flexibility index (Phi) is 6.67. The van der Waals surface area contributed by atoms with Crippen LogP contribution in [0.1, 0.15) is 42.7 Å². The second-order valence-corrected chi connectivity index (χ2v) is 6.09. The van der Waals surface area contributed by atoms with Crippen molar-refractivity contribution in [1.29, 1.82) is 5.26 Å². The number of aryl methyl sites for hydroxylation is 1. The Morgan fingerprint density at radius 2 is 2.20 bits per heavy atom. The molecule has 1 unspecified atom stereocenters. The summed E-state index contributed by atoms with van der Waals surface area (Å²) < 4.78 is 5.91. The van der Waals surface area contributed by atoms with Crippen LogP contribution in [0.25, 0.3) is 0 Å². The van der Waals surface area contributed by atoms with Gasteiger partial charge in [0.1, 0.15) is 12.7 Å². The number of rotatable bonds is 8. The SMILES string of the molecule is C=C(C)C(CC)NCc1ccc(C)nc1OCc1cncc(C#N)c1. The molecule has 0 aliphatic rings. The number of pyridine rings is 2. The highest BCUT2D eigenvalue weighted by Crippen LogP contribution is 2.18. The molecule has 1 atom stereocenters. The fourth-order valence-electron chi connectivity index (χ4n) is 2.50. The lowest BCUT2D eigenvalue weighted by atomic mass is 10.1. The average molecular weight is 336 g/mol. The second kappa shape index (κ2) is 8.95. The molecule has 2 aromatic rings. The molecule has 0 bridgehead atoms. The molecule has 0 fully saturated rings. The van der Waals surface area contributed by atoms with Crippen molar-refractivity contribution in [2.24, 2.45) is 0 Å². The fourth-order valence-corrected chi connectivity index (χ4v) is 2.50. The molecule has 1 N–H and O–H groups in total. The van der Waals surface area contributed by atoms with Crippen molar-refractivity contribution in [3.05, 3.63) is 65.1 Å². The predicted molar refractivity (Wildman–Crippen MR) is 98.0 cm³/mol. The topological polar surface area (TPSA) is 70.8 Å². The van der Waals surface area contributed by atoms with Gasteiger partial charge in [0.15, 0.2) is 0 Å². The molecule has 5 nitrogen and oxygen atoms in total. The van der Waals surface area contributed by atoms with Gasteiger partial charge in [-0.25, -0.2) is 4.98 Å². The molecular formula is C20H24N4O. The molecule has 0 radical (unpaired) electrons. The lowest BCUT2D eigenvalue weighted by Gasteiger charge is -2.18. The van der Waals surface area contributed by atoms with Gasteiger partial charge in [0.05, 0.1) is 5.56 Å².